The summed E-state index contributed by atoms with van der Waals surface area (Å²) in [4.78, 5) is 16.3. The molecule has 3 aromatic rings. The van der Waals surface area contributed by atoms with Gasteiger partial charge >= 0.3 is 12.2 Å². The topological polar surface area (TPSA) is 54.0 Å². The molecule has 0 aliphatic heterocycles. The minimum absolute atomic E-state index is 0.00134. The van der Waals surface area contributed by atoms with Crippen LogP contribution in [0.15, 0.2) is 60.8 Å². The molecule has 2 aromatic carbocycles. The van der Waals surface area contributed by atoms with E-state index in [-0.39, 0.29) is 12.2 Å². The summed E-state index contributed by atoms with van der Waals surface area (Å²) in [5.41, 5.74) is 2.75. The molecule has 0 unspecified atom stereocenters. The standard InChI is InChI=1S/C21H17ClF3N3O/c1-13-2-5-16(12-26-13)15-6-3-14(4-7-15)11-27-20(29)28-17-8-9-19(22)18(10-17)21(23,24)25/h2-10,12H,11H2,1H3,(H2,27,28,29). The smallest absolute Gasteiger partial charge is 0.334 e. The van der Waals surface area contributed by atoms with E-state index < -0.39 is 22.8 Å². The van der Waals surface area contributed by atoms with Crippen LogP contribution in [0.2, 0.25) is 5.02 Å². The molecule has 0 saturated heterocycles. The average molecular weight is 420 g/mol. The Labute approximate surface area is 170 Å². The zero-order valence-electron chi connectivity index (χ0n) is 15.3. The lowest BCUT2D eigenvalue weighted by Crippen LogP contribution is -2.28. The van der Waals surface area contributed by atoms with Crippen LogP contribution in [0.5, 0.6) is 0 Å². The lowest BCUT2D eigenvalue weighted by molar-refractivity contribution is -0.137. The van der Waals surface area contributed by atoms with Gasteiger partial charge in [0.05, 0.1) is 10.6 Å². The van der Waals surface area contributed by atoms with Gasteiger partial charge in [-0.05, 0) is 42.3 Å². The number of hydrogen-bond acceptors (Lipinski definition) is 2. The van der Waals surface area contributed by atoms with Crippen molar-refractivity contribution in [2.45, 2.75) is 19.6 Å². The summed E-state index contributed by atoms with van der Waals surface area (Å²) in [6.45, 7) is 2.13. The first-order valence-corrected chi connectivity index (χ1v) is 9.04. The molecule has 0 saturated carbocycles. The van der Waals surface area contributed by atoms with Gasteiger partial charge in [0.2, 0.25) is 0 Å². The summed E-state index contributed by atoms with van der Waals surface area (Å²) in [5.74, 6) is 0. The Morgan fingerprint density at radius 2 is 1.72 bits per heavy atom. The summed E-state index contributed by atoms with van der Waals surface area (Å²) in [6, 6.07) is 14.0. The molecule has 2 amide bonds. The maximum absolute atomic E-state index is 12.9. The Bertz CT molecular complexity index is 1000. The third-order valence-electron chi connectivity index (χ3n) is 4.18. The molecule has 150 valence electrons. The van der Waals surface area contributed by atoms with Gasteiger partial charge in [0.1, 0.15) is 0 Å². The van der Waals surface area contributed by atoms with Crippen LogP contribution in [-0.2, 0) is 12.7 Å². The molecule has 8 heteroatoms. The van der Waals surface area contributed by atoms with Crippen molar-refractivity contribution >= 4 is 23.3 Å². The molecule has 0 aliphatic rings. The second kappa shape index (κ2) is 8.53. The Morgan fingerprint density at radius 3 is 2.34 bits per heavy atom. The number of urea groups is 1. The number of nitrogens with zero attached hydrogens (tertiary/aromatic N) is 1. The maximum Gasteiger partial charge on any atom is 0.417 e. The second-order valence-corrected chi connectivity index (χ2v) is 6.79. The molecule has 0 atom stereocenters. The van der Waals surface area contributed by atoms with Gasteiger partial charge in [-0.15, -0.1) is 0 Å². The SMILES string of the molecule is Cc1ccc(-c2ccc(CNC(=O)Nc3ccc(Cl)c(C(F)(F)F)c3)cc2)cn1. The van der Waals surface area contributed by atoms with Crippen LogP contribution in [0.3, 0.4) is 0 Å². The largest absolute Gasteiger partial charge is 0.417 e. The van der Waals surface area contributed by atoms with E-state index in [4.69, 9.17) is 11.6 Å². The van der Waals surface area contributed by atoms with Crippen molar-refractivity contribution in [1.29, 1.82) is 0 Å². The Kier molecular flexibility index (Phi) is 6.08. The molecule has 1 heterocycles. The van der Waals surface area contributed by atoms with E-state index in [1.807, 2.05) is 43.3 Å². The van der Waals surface area contributed by atoms with Crippen molar-refractivity contribution in [3.05, 3.63) is 82.6 Å². The number of aryl methyl sites for hydroxylation is 1. The van der Waals surface area contributed by atoms with Gasteiger partial charge in [-0.2, -0.15) is 13.2 Å². The van der Waals surface area contributed by atoms with Crippen molar-refractivity contribution in [2.75, 3.05) is 5.32 Å². The number of aromatic nitrogens is 1. The molecule has 29 heavy (non-hydrogen) atoms. The highest BCUT2D eigenvalue weighted by Gasteiger charge is 2.33. The van der Waals surface area contributed by atoms with Crippen molar-refractivity contribution in [1.82, 2.24) is 10.3 Å². The number of anilines is 1. The third kappa shape index (κ3) is 5.48. The van der Waals surface area contributed by atoms with Gasteiger partial charge in [-0.1, -0.05) is 41.9 Å². The lowest BCUT2D eigenvalue weighted by atomic mass is 10.1. The van der Waals surface area contributed by atoms with Crippen LogP contribution in [0.4, 0.5) is 23.7 Å². The molecule has 1 aromatic heterocycles. The molecule has 4 nitrogen and oxygen atoms in total. The summed E-state index contributed by atoms with van der Waals surface area (Å²) >= 11 is 5.57. The van der Waals surface area contributed by atoms with Crippen LogP contribution in [0.25, 0.3) is 11.1 Å². The monoisotopic (exact) mass is 419 g/mol. The third-order valence-corrected chi connectivity index (χ3v) is 4.51. The number of pyridine rings is 1. The van der Waals surface area contributed by atoms with Crippen molar-refractivity contribution in [2.24, 2.45) is 0 Å². The normalized spacial score (nSPS) is 11.2. The van der Waals surface area contributed by atoms with E-state index in [1.165, 1.54) is 6.07 Å². The molecule has 0 aliphatic carbocycles. The number of rotatable bonds is 4. The average Bonchev–Trinajstić information content (AvgIpc) is 2.68. The summed E-state index contributed by atoms with van der Waals surface area (Å²) in [5, 5.41) is 4.56. The lowest BCUT2D eigenvalue weighted by Gasteiger charge is -2.12. The highest BCUT2D eigenvalue weighted by Crippen LogP contribution is 2.36. The van der Waals surface area contributed by atoms with Gasteiger partial charge in [0.25, 0.3) is 0 Å². The highest BCUT2D eigenvalue weighted by atomic mass is 35.5. The number of halogens is 4. The predicted octanol–water partition coefficient (Wildman–Crippen LogP) is 6.05. The number of benzene rings is 2. The van der Waals surface area contributed by atoms with Gasteiger partial charge < -0.3 is 10.6 Å². The molecule has 0 fully saturated rings. The van der Waals surface area contributed by atoms with Gasteiger partial charge in [-0.3, -0.25) is 4.98 Å². The van der Waals surface area contributed by atoms with E-state index >= 15 is 0 Å². The molecular formula is C21H17ClF3N3O. The van der Waals surface area contributed by atoms with E-state index in [0.717, 1.165) is 34.5 Å². The van der Waals surface area contributed by atoms with Crippen LogP contribution >= 0.6 is 11.6 Å². The quantitative estimate of drug-likeness (QED) is 0.540. The van der Waals surface area contributed by atoms with E-state index in [9.17, 15) is 18.0 Å². The minimum atomic E-state index is -4.60. The van der Waals surface area contributed by atoms with Gasteiger partial charge in [0.15, 0.2) is 0 Å². The van der Waals surface area contributed by atoms with Gasteiger partial charge in [-0.25, -0.2) is 4.79 Å². The Hall–Kier alpha value is -3.06. The number of carbonyl (C=O) groups excluding carboxylic acids is 1. The molecule has 3 rings (SSSR count). The number of carbonyl (C=O) groups is 1. The fraction of sp³-hybridized carbons (Fsp3) is 0.143. The molecular weight excluding hydrogens is 403 g/mol. The van der Waals surface area contributed by atoms with Crippen LogP contribution in [0.1, 0.15) is 16.8 Å². The molecule has 0 radical (unpaired) electrons. The van der Waals surface area contributed by atoms with Gasteiger partial charge in [0, 0.05) is 29.7 Å². The van der Waals surface area contributed by atoms with Crippen molar-refractivity contribution in [3.63, 3.8) is 0 Å². The molecule has 0 spiro atoms. The molecule has 0 bridgehead atoms. The number of nitrogens with one attached hydrogen (secondary N) is 2. The summed E-state index contributed by atoms with van der Waals surface area (Å²) in [7, 11) is 0. The zero-order chi connectivity index (χ0) is 21.0. The predicted molar refractivity (Wildman–Crippen MR) is 107 cm³/mol. The van der Waals surface area contributed by atoms with Crippen molar-refractivity contribution < 1.29 is 18.0 Å². The first kappa shape index (κ1) is 20.7. The van der Waals surface area contributed by atoms with E-state index in [1.54, 1.807) is 6.20 Å². The maximum atomic E-state index is 12.9. The van der Waals surface area contributed by atoms with Crippen LogP contribution < -0.4 is 10.6 Å². The summed E-state index contributed by atoms with van der Waals surface area (Å²) < 4.78 is 38.7. The number of hydrogen-bond donors (Lipinski definition) is 2. The van der Waals surface area contributed by atoms with Crippen LogP contribution in [0, 0.1) is 6.92 Å². The number of amides is 2. The first-order valence-electron chi connectivity index (χ1n) is 8.66. The zero-order valence-corrected chi connectivity index (χ0v) is 16.1. The molecule has 2 N–H and O–H groups in total. The second-order valence-electron chi connectivity index (χ2n) is 6.39. The van der Waals surface area contributed by atoms with E-state index in [2.05, 4.69) is 15.6 Å². The number of alkyl halides is 3. The highest BCUT2D eigenvalue weighted by molar-refractivity contribution is 6.31. The Morgan fingerprint density at radius 1 is 1.03 bits per heavy atom. The fourth-order valence-corrected chi connectivity index (χ4v) is 2.86. The van der Waals surface area contributed by atoms with Crippen molar-refractivity contribution in [3.8, 4) is 11.1 Å². The summed E-state index contributed by atoms with van der Waals surface area (Å²) in [6.07, 6.45) is -2.81. The Balaban J connectivity index is 1.59. The fourth-order valence-electron chi connectivity index (χ4n) is 2.63. The minimum Gasteiger partial charge on any atom is -0.334 e. The van der Waals surface area contributed by atoms with Crippen LogP contribution in [-0.4, -0.2) is 11.0 Å². The van der Waals surface area contributed by atoms with E-state index in [0.29, 0.717) is 0 Å². The first-order chi connectivity index (χ1) is 13.7.